The van der Waals surface area contributed by atoms with E-state index in [0.717, 1.165) is 11.0 Å². The third-order valence-corrected chi connectivity index (χ3v) is 7.12. The second kappa shape index (κ2) is 9.63. The van der Waals surface area contributed by atoms with Crippen LogP contribution in [0, 0.1) is 18.2 Å². The maximum atomic E-state index is 14.9. The van der Waals surface area contributed by atoms with E-state index >= 15 is 0 Å². The van der Waals surface area contributed by atoms with Gasteiger partial charge < -0.3 is 25.1 Å². The zero-order valence-corrected chi connectivity index (χ0v) is 22.8. The Morgan fingerprint density at radius 3 is 2.40 bits per heavy atom. The maximum Gasteiger partial charge on any atom is 0.337 e. The number of hydrogen-bond donors (Lipinski definition) is 3. The summed E-state index contributed by atoms with van der Waals surface area (Å²) in [5.41, 5.74) is -2.17. The summed E-state index contributed by atoms with van der Waals surface area (Å²) in [6.07, 6.45) is 0. The van der Waals surface area contributed by atoms with Crippen LogP contribution in [0.5, 0.6) is 0 Å². The molecule has 1 aromatic heterocycles. The van der Waals surface area contributed by atoms with Gasteiger partial charge in [0.05, 0.1) is 35.1 Å². The van der Waals surface area contributed by atoms with E-state index < -0.39 is 40.0 Å². The molecular weight excluding hydrogens is 541 g/mol. The number of nitrogens with one attached hydrogen (secondary N) is 2. The summed E-state index contributed by atoms with van der Waals surface area (Å²) in [6, 6.07) is 9.51. The fourth-order valence-corrected chi connectivity index (χ4v) is 5.01. The molecule has 2 heterocycles. The predicted molar refractivity (Wildman–Crippen MR) is 149 cm³/mol. The van der Waals surface area contributed by atoms with Crippen LogP contribution in [0.25, 0.3) is 0 Å². The van der Waals surface area contributed by atoms with Gasteiger partial charge in [0.15, 0.2) is 0 Å². The van der Waals surface area contributed by atoms with Gasteiger partial charge in [-0.2, -0.15) is 0 Å². The number of carboxylic acids is 1. The molecule has 0 bridgehead atoms. The Hall–Kier alpha value is -4.44. The average molecular weight is 566 g/mol. The molecule has 1 aliphatic rings. The summed E-state index contributed by atoms with van der Waals surface area (Å²) in [7, 11) is 0. The van der Waals surface area contributed by atoms with Crippen molar-refractivity contribution in [3.8, 4) is 0 Å². The predicted octanol–water partition coefficient (Wildman–Crippen LogP) is 5.78. The first-order valence-corrected chi connectivity index (χ1v) is 12.7. The van der Waals surface area contributed by atoms with Gasteiger partial charge in [-0.05, 0) is 54.8 Å². The topological polar surface area (TPSA) is 129 Å². The van der Waals surface area contributed by atoms with Gasteiger partial charge in [0.1, 0.15) is 28.7 Å². The smallest absolute Gasteiger partial charge is 0.337 e. The van der Waals surface area contributed by atoms with E-state index in [9.17, 15) is 28.7 Å². The summed E-state index contributed by atoms with van der Waals surface area (Å²) in [6.45, 7) is 7.39. The minimum absolute atomic E-state index is 0.00443. The van der Waals surface area contributed by atoms with Gasteiger partial charge in [-0.3, -0.25) is 14.4 Å². The van der Waals surface area contributed by atoms with E-state index in [1.165, 1.54) is 24.3 Å². The van der Waals surface area contributed by atoms with Gasteiger partial charge in [-0.1, -0.05) is 32.4 Å². The molecule has 0 spiro atoms. The molecule has 9 nitrogen and oxygen atoms in total. The second-order valence-electron chi connectivity index (χ2n) is 10.7. The van der Waals surface area contributed by atoms with Crippen molar-refractivity contribution in [2.45, 2.75) is 40.3 Å². The van der Waals surface area contributed by atoms with Gasteiger partial charge in [0, 0.05) is 10.6 Å². The van der Waals surface area contributed by atoms with Crippen LogP contribution in [0.2, 0.25) is 5.02 Å². The Morgan fingerprint density at radius 2 is 1.77 bits per heavy atom. The highest BCUT2D eigenvalue weighted by atomic mass is 35.5. The fourth-order valence-electron chi connectivity index (χ4n) is 4.84. The number of aryl methyl sites for hydroxylation is 1. The lowest BCUT2D eigenvalue weighted by atomic mass is 9.85. The minimum atomic E-state index is -1.28. The lowest BCUT2D eigenvalue weighted by molar-refractivity contribution is 0.0697. The Morgan fingerprint density at radius 1 is 1.07 bits per heavy atom. The molecule has 1 aliphatic heterocycles. The molecule has 0 unspecified atom stereocenters. The molecule has 206 valence electrons. The molecule has 1 atom stereocenters. The van der Waals surface area contributed by atoms with Gasteiger partial charge in [-0.15, -0.1) is 0 Å². The van der Waals surface area contributed by atoms with E-state index in [4.69, 9.17) is 16.0 Å². The van der Waals surface area contributed by atoms with Crippen LogP contribution in [0.1, 0.15) is 64.6 Å². The number of furan rings is 1. The van der Waals surface area contributed by atoms with Gasteiger partial charge in [0.25, 0.3) is 16.8 Å². The normalized spacial score (nSPS) is 13.9. The highest BCUT2D eigenvalue weighted by Gasteiger charge is 2.37. The maximum absolute atomic E-state index is 14.9. The molecule has 4 aromatic rings. The van der Waals surface area contributed by atoms with Crippen molar-refractivity contribution in [2.75, 3.05) is 15.5 Å². The lowest BCUT2D eigenvalue weighted by Crippen LogP contribution is -2.39. The number of carboxylic acid groups (broad SMARTS) is 1. The van der Waals surface area contributed by atoms with Crippen LogP contribution in [0.4, 0.5) is 27.1 Å². The van der Waals surface area contributed by atoms with Crippen molar-refractivity contribution < 1.29 is 23.5 Å². The number of benzene rings is 2. The van der Waals surface area contributed by atoms with Crippen LogP contribution in [-0.4, -0.2) is 17.0 Å². The first-order chi connectivity index (χ1) is 18.8. The van der Waals surface area contributed by atoms with Gasteiger partial charge in [0.2, 0.25) is 0 Å². The molecule has 40 heavy (non-hydrogen) atoms. The van der Waals surface area contributed by atoms with Crippen molar-refractivity contribution in [1.82, 2.24) is 0 Å². The number of halogens is 2. The molecule has 11 heteroatoms. The van der Waals surface area contributed by atoms with Crippen molar-refractivity contribution in [1.29, 1.82) is 0 Å². The van der Waals surface area contributed by atoms with Crippen LogP contribution in [-0.2, 0) is 6.54 Å². The summed E-state index contributed by atoms with van der Waals surface area (Å²) in [5.74, 6) is -1.39. The molecule has 3 N–H and O–H groups in total. The number of carbonyl (C=O) groups excluding carboxylic acids is 1. The van der Waals surface area contributed by atoms with Gasteiger partial charge >= 0.3 is 5.97 Å². The molecule has 0 aliphatic carbocycles. The third-order valence-electron chi connectivity index (χ3n) is 6.88. The van der Waals surface area contributed by atoms with E-state index in [0.29, 0.717) is 11.5 Å². The van der Waals surface area contributed by atoms with Crippen molar-refractivity contribution in [3.05, 3.63) is 102 Å². The van der Waals surface area contributed by atoms with E-state index in [1.807, 2.05) is 20.8 Å². The first-order valence-electron chi connectivity index (χ1n) is 12.4. The SMILES string of the molecule is Cc1ccc([C@H](Nc2c(Nc3ccc(F)c4c3C(=O)N(c3cc(Cl)ccc3C(=O)O)C4)c(=O)c2=O)C(C)(C)C)o1. The number of amides is 1. The zero-order valence-electron chi connectivity index (χ0n) is 22.0. The highest BCUT2D eigenvalue weighted by Crippen LogP contribution is 2.40. The first kappa shape index (κ1) is 27.1. The number of anilines is 4. The Bertz CT molecular complexity index is 1760. The van der Waals surface area contributed by atoms with Crippen molar-refractivity contribution >= 4 is 46.2 Å². The van der Waals surface area contributed by atoms with E-state index in [-0.39, 0.29) is 51.0 Å². The van der Waals surface area contributed by atoms with Crippen LogP contribution in [0.3, 0.4) is 0 Å². The monoisotopic (exact) mass is 565 g/mol. The van der Waals surface area contributed by atoms with E-state index in [1.54, 1.807) is 19.1 Å². The van der Waals surface area contributed by atoms with Crippen molar-refractivity contribution in [3.63, 3.8) is 0 Å². The van der Waals surface area contributed by atoms with Crippen LogP contribution in [0.15, 0.2) is 56.5 Å². The molecule has 0 saturated carbocycles. The minimum Gasteiger partial charge on any atom is -0.478 e. The number of rotatable bonds is 7. The fraction of sp³-hybridized carbons (Fsp3) is 0.241. The average Bonchev–Trinajstić information content (AvgIpc) is 3.47. The molecule has 1 amide bonds. The summed E-state index contributed by atoms with van der Waals surface area (Å²) in [4.78, 5) is 51.8. The Labute approximate surface area is 232 Å². The molecule has 0 radical (unpaired) electrons. The Kier molecular flexibility index (Phi) is 6.54. The second-order valence-corrected chi connectivity index (χ2v) is 11.2. The zero-order chi connectivity index (χ0) is 29.1. The van der Waals surface area contributed by atoms with Crippen molar-refractivity contribution in [2.24, 2.45) is 5.41 Å². The van der Waals surface area contributed by atoms with E-state index in [2.05, 4.69) is 10.6 Å². The quantitative estimate of drug-likeness (QED) is 0.241. The molecular formula is C29H25ClFN3O6. The van der Waals surface area contributed by atoms with Gasteiger partial charge in [-0.25, -0.2) is 9.18 Å². The highest BCUT2D eigenvalue weighted by molar-refractivity contribution is 6.31. The summed E-state index contributed by atoms with van der Waals surface area (Å²) >= 11 is 6.08. The largest absolute Gasteiger partial charge is 0.478 e. The Balaban J connectivity index is 1.52. The number of fused-ring (bicyclic) bond motifs is 1. The summed E-state index contributed by atoms with van der Waals surface area (Å²) in [5, 5.41) is 15.8. The number of hydrogen-bond acceptors (Lipinski definition) is 7. The molecule has 0 saturated heterocycles. The van der Waals surface area contributed by atoms with Crippen LogP contribution >= 0.6 is 11.6 Å². The number of carbonyl (C=O) groups is 2. The lowest BCUT2D eigenvalue weighted by Gasteiger charge is -2.31. The molecule has 5 rings (SSSR count). The summed E-state index contributed by atoms with van der Waals surface area (Å²) < 4.78 is 20.7. The number of nitrogens with zero attached hydrogens (tertiary/aromatic N) is 1. The number of aromatic carboxylic acids is 1. The molecule has 3 aromatic carbocycles. The standard InChI is InChI=1S/C29H25ClFN3O6/c1-13-5-10-20(40-13)26(29(2,3)4)33-23-22(24(35)25(23)36)32-18-9-8-17(31)16-12-34(27(37)21(16)18)19-11-14(30)6-7-15(19)28(38)39/h5-11,26,32-33H,12H2,1-4H3,(H,38,39)/t26-/m0/s1. The van der Waals surface area contributed by atoms with Crippen LogP contribution < -0.4 is 26.4 Å². The third kappa shape index (κ3) is 4.54. The molecule has 0 fully saturated rings.